The molecule has 0 radical (unpaired) electrons. The molecule has 0 aromatic carbocycles. The molecule has 1 unspecified atom stereocenters. The monoisotopic (exact) mass is 244 g/mol. The number of aromatic nitrogens is 1. The highest BCUT2D eigenvalue weighted by Crippen LogP contribution is 2.17. The molecular formula is C13H16N4O. The van der Waals surface area contributed by atoms with Crippen molar-refractivity contribution in [2.75, 3.05) is 18.0 Å². The minimum atomic E-state index is -0.490. The molecule has 1 aromatic rings. The van der Waals surface area contributed by atoms with Crippen molar-refractivity contribution in [3.63, 3.8) is 0 Å². The Morgan fingerprint density at radius 1 is 1.50 bits per heavy atom. The lowest BCUT2D eigenvalue weighted by molar-refractivity contribution is 0.0947. The molecule has 1 amide bonds. The average Bonchev–Trinajstić information content (AvgIpc) is 2.92. The largest absolute Gasteiger partial charge is 0.357 e. The van der Waals surface area contributed by atoms with Crippen LogP contribution in [0.1, 0.15) is 30.1 Å². The molecule has 5 heteroatoms. The van der Waals surface area contributed by atoms with E-state index in [4.69, 9.17) is 5.26 Å². The topological polar surface area (TPSA) is 69.0 Å². The van der Waals surface area contributed by atoms with Gasteiger partial charge in [-0.25, -0.2) is 4.98 Å². The summed E-state index contributed by atoms with van der Waals surface area (Å²) in [4.78, 5) is 18.2. The van der Waals surface area contributed by atoms with Gasteiger partial charge in [0.25, 0.3) is 5.91 Å². The Kier molecular flexibility index (Phi) is 3.78. The van der Waals surface area contributed by atoms with Gasteiger partial charge in [-0.05, 0) is 31.9 Å². The third-order valence-corrected chi connectivity index (χ3v) is 2.98. The maximum atomic E-state index is 11.7. The van der Waals surface area contributed by atoms with Gasteiger partial charge < -0.3 is 10.2 Å². The first-order chi connectivity index (χ1) is 8.70. The van der Waals surface area contributed by atoms with Crippen LogP contribution in [0.2, 0.25) is 0 Å². The van der Waals surface area contributed by atoms with Gasteiger partial charge in [0, 0.05) is 19.3 Å². The highest BCUT2D eigenvalue weighted by atomic mass is 16.1. The van der Waals surface area contributed by atoms with Crippen molar-refractivity contribution in [3.05, 3.63) is 23.9 Å². The van der Waals surface area contributed by atoms with Crippen LogP contribution >= 0.6 is 0 Å². The summed E-state index contributed by atoms with van der Waals surface area (Å²) in [6, 6.07) is 5.08. The molecule has 1 saturated heterocycles. The van der Waals surface area contributed by atoms with E-state index in [1.54, 1.807) is 19.2 Å². The predicted molar refractivity (Wildman–Crippen MR) is 68.2 cm³/mol. The van der Waals surface area contributed by atoms with E-state index in [1.165, 1.54) is 12.8 Å². The summed E-state index contributed by atoms with van der Waals surface area (Å²) < 4.78 is 0. The standard InChI is InChI=1S/C13H16N4O/c1-10(8-14)16-13(18)11-4-5-12(15-9-11)17-6-2-3-7-17/h4-5,9-10H,2-3,6-7H2,1H3,(H,16,18). The number of nitriles is 1. The van der Waals surface area contributed by atoms with Crippen LogP contribution in [0.3, 0.4) is 0 Å². The molecule has 1 N–H and O–H groups in total. The number of pyridine rings is 1. The van der Waals surface area contributed by atoms with Gasteiger partial charge >= 0.3 is 0 Å². The van der Waals surface area contributed by atoms with Crippen LogP contribution in [0.4, 0.5) is 5.82 Å². The second kappa shape index (κ2) is 5.50. The van der Waals surface area contributed by atoms with E-state index >= 15 is 0 Å². The van der Waals surface area contributed by atoms with E-state index in [-0.39, 0.29) is 5.91 Å². The quantitative estimate of drug-likeness (QED) is 0.870. The van der Waals surface area contributed by atoms with Gasteiger partial charge in [-0.3, -0.25) is 4.79 Å². The van der Waals surface area contributed by atoms with Crippen molar-refractivity contribution in [2.24, 2.45) is 0 Å². The molecule has 2 heterocycles. The van der Waals surface area contributed by atoms with Gasteiger partial charge in [0.1, 0.15) is 11.9 Å². The molecule has 0 aliphatic carbocycles. The molecule has 0 bridgehead atoms. The fraction of sp³-hybridized carbons (Fsp3) is 0.462. The number of carbonyl (C=O) groups excluding carboxylic acids is 1. The molecule has 1 atom stereocenters. The third-order valence-electron chi connectivity index (χ3n) is 2.98. The molecule has 2 rings (SSSR count). The van der Waals surface area contributed by atoms with Gasteiger partial charge in [0.05, 0.1) is 11.6 Å². The molecule has 94 valence electrons. The lowest BCUT2D eigenvalue weighted by atomic mass is 10.2. The van der Waals surface area contributed by atoms with Gasteiger partial charge in [0.15, 0.2) is 0 Å². The Balaban J connectivity index is 2.03. The van der Waals surface area contributed by atoms with Gasteiger partial charge in [0.2, 0.25) is 0 Å². The van der Waals surface area contributed by atoms with E-state index in [0.29, 0.717) is 5.56 Å². The number of amides is 1. The zero-order valence-corrected chi connectivity index (χ0v) is 10.4. The van der Waals surface area contributed by atoms with E-state index in [9.17, 15) is 4.79 Å². The Labute approximate surface area is 106 Å². The van der Waals surface area contributed by atoms with Crippen molar-refractivity contribution in [1.82, 2.24) is 10.3 Å². The number of hydrogen-bond donors (Lipinski definition) is 1. The van der Waals surface area contributed by atoms with Crippen molar-refractivity contribution < 1.29 is 4.79 Å². The Hall–Kier alpha value is -2.09. The van der Waals surface area contributed by atoms with Gasteiger partial charge in [-0.15, -0.1) is 0 Å². The number of anilines is 1. The SMILES string of the molecule is CC(C#N)NC(=O)c1ccc(N2CCCC2)nc1. The Morgan fingerprint density at radius 2 is 2.22 bits per heavy atom. The summed E-state index contributed by atoms with van der Waals surface area (Å²) in [7, 11) is 0. The summed E-state index contributed by atoms with van der Waals surface area (Å²) >= 11 is 0. The van der Waals surface area contributed by atoms with Gasteiger partial charge in [-0.2, -0.15) is 5.26 Å². The zero-order chi connectivity index (χ0) is 13.0. The summed E-state index contributed by atoms with van der Waals surface area (Å²) in [6.07, 6.45) is 3.96. The highest BCUT2D eigenvalue weighted by molar-refractivity contribution is 5.94. The molecule has 5 nitrogen and oxygen atoms in total. The average molecular weight is 244 g/mol. The number of carbonyl (C=O) groups is 1. The second-order valence-electron chi connectivity index (χ2n) is 4.42. The summed E-state index contributed by atoms with van der Waals surface area (Å²) in [5.41, 5.74) is 0.486. The van der Waals surface area contributed by atoms with E-state index in [0.717, 1.165) is 18.9 Å². The molecule has 1 fully saturated rings. The van der Waals surface area contributed by atoms with Crippen LogP contribution in [-0.2, 0) is 0 Å². The first kappa shape index (κ1) is 12.4. The minimum Gasteiger partial charge on any atom is -0.357 e. The third kappa shape index (κ3) is 2.77. The second-order valence-corrected chi connectivity index (χ2v) is 4.42. The number of rotatable bonds is 3. The van der Waals surface area contributed by atoms with E-state index in [2.05, 4.69) is 15.2 Å². The normalized spacial score (nSPS) is 16.1. The zero-order valence-electron chi connectivity index (χ0n) is 10.4. The summed E-state index contributed by atoms with van der Waals surface area (Å²) in [5.74, 6) is 0.655. The van der Waals surface area contributed by atoms with E-state index < -0.39 is 6.04 Å². The summed E-state index contributed by atoms with van der Waals surface area (Å²) in [6.45, 7) is 3.71. The molecule has 0 spiro atoms. The maximum Gasteiger partial charge on any atom is 0.253 e. The van der Waals surface area contributed by atoms with Crippen LogP contribution in [-0.4, -0.2) is 30.0 Å². The lowest BCUT2D eigenvalue weighted by Crippen LogP contribution is -2.31. The molecule has 18 heavy (non-hydrogen) atoms. The van der Waals surface area contributed by atoms with Crippen molar-refractivity contribution in [2.45, 2.75) is 25.8 Å². The van der Waals surface area contributed by atoms with Crippen LogP contribution in [0.25, 0.3) is 0 Å². The van der Waals surface area contributed by atoms with Crippen molar-refractivity contribution >= 4 is 11.7 Å². The molecule has 0 saturated carbocycles. The molecule has 1 aromatic heterocycles. The fourth-order valence-electron chi connectivity index (χ4n) is 1.97. The number of nitrogens with one attached hydrogen (secondary N) is 1. The van der Waals surface area contributed by atoms with Crippen LogP contribution in [0, 0.1) is 11.3 Å². The smallest absolute Gasteiger partial charge is 0.253 e. The Bertz CT molecular complexity index is 457. The molecule has 1 aliphatic rings. The predicted octanol–water partition coefficient (Wildman–Crippen LogP) is 1.32. The Morgan fingerprint density at radius 3 is 2.78 bits per heavy atom. The van der Waals surface area contributed by atoms with Crippen molar-refractivity contribution in [1.29, 1.82) is 5.26 Å². The summed E-state index contributed by atoms with van der Waals surface area (Å²) in [5, 5.41) is 11.2. The number of hydrogen-bond acceptors (Lipinski definition) is 4. The first-order valence-electron chi connectivity index (χ1n) is 6.12. The van der Waals surface area contributed by atoms with Crippen LogP contribution in [0.15, 0.2) is 18.3 Å². The minimum absolute atomic E-state index is 0.260. The highest BCUT2D eigenvalue weighted by Gasteiger charge is 2.14. The number of nitrogens with zero attached hydrogens (tertiary/aromatic N) is 3. The molecule has 1 aliphatic heterocycles. The van der Waals surface area contributed by atoms with Crippen LogP contribution < -0.4 is 10.2 Å². The van der Waals surface area contributed by atoms with E-state index in [1.807, 2.05) is 12.1 Å². The molecular weight excluding hydrogens is 228 g/mol. The van der Waals surface area contributed by atoms with Crippen LogP contribution in [0.5, 0.6) is 0 Å². The van der Waals surface area contributed by atoms with Gasteiger partial charge in [-0.1, -0.05) is 0 Å². The fourth-order valence-corrected chi connectivity index (χ4v) is 1.97. The maximum absolute atomic E-state index is 11.7. The lowest BCUT2D eigenvalue weighted by Gasteiger charge is -2.16. The van der Waals surface area contributed by atoms with Crippen molar-refractivity contribution in [3.8, 4) is 6.07 Å². The first-order valence-corrected chi connectivity index (χ1v) is 6.12.